The van der Waals surface area contributed by atoms with E-state index in [1.165, 1.54) is 6.39 Å². The Morgan fingerprint density at radius 2 is 2.37 bits per heavy atom. The minimum Gasteiger partial charge on any atom is -0.496 e. The number of alkyl halides is 1. The summed E-state index contributed by atoms with van der Waals surface area (Å²) >= 11 is 0. The first-order valence-electron chi connectivity index (χ1n) is 6.24. The number of halogens is 1. The van der Waals surface area contributed by atoms with Gasteiger partial charge in [0.2, 0.25) is 0 Å². The fraction of sp³-hybridized carbons (Fsp3) is 0.357. The second-order valence-corrected chi connectivity index (χ2v) is 4.58. The Labute approximate surface area is 110 Å². The van der Waals surface area contributed by atoms with Crippen molar-refractivity contribution >= 4 is 5.69 Å². The van der Waals surface area contributed by atoms with Crippen LogP contribution in [0.15, 0.2) is 35.2 Å². The molecule has 0 amide bonds. The van der Waals surface area contributed by atoms with Crippen molar-refractivity contribution in [3.63, 3.8) is 0 Å². The molecular weight excluding hydrogens is 247 g/mol. The number of ether oxygens (including phenoxy) is 1. The average molecular weight is 262 g/mol. The van der Waals surface area contributed by atoms with E-state index in [1.54, 1.807) is 13.3 Å². The monoisotopic (exact) mass is 262 g/mol. The van der Waals surface area contributed by atoms with E-state index in [4.69, 9.17) is 9.15 Å². The van der Waals surface area contributed by atoms with Gasteiger partial charge in [-0.3, -0.25) is 0 Å². The van der Waals surface area contributed by atoms with Crippen molar-refractivity contribution in [2.45, 2.75) is 12.6 Å². The maximum absolute atomic E-state index is 13.2. The number of methoxy groups -OCH3 is 1. The normalized spacial score (nSPS) is 18.8. The van der Waals surface area contributed by atoms with Crippen molar-refractivity contribution in [1.82, 2.24) is 4.98 Å². The van der Waals surface area contributed by atoms with Gasteiger partial charge < -0.3 is 14.1 Å². The second-order valence-electron chi connectivity index (χ2n) is 4.58. The van der Waals surface area contributed by atoms with E-state index in [9.17, 15) is 4.39 Å². The van der Waals surface area contributed by atoms with Crippen molar-refractivity contribution in [2.24, 2.45) is 0 Å². The molecule has 0 spiro atoms. The minimum atomic E-state index is -0.736. The van der Waals surface area contributed by atoms with E-state index in [-0.39, 0.29) is 0 Å². The first kappa shape index (κ1) is 12.0. The molecule has 100 valence electrons. The number of hydrogen-bond donors (Lipinski definition) is 0. The Morgan fingerprint density at radius 1 is 1.47 bits per heavy atom. The topological polar surface area (TPSA) is 38.5 Å². The van der Waals surface area contributed by atoms with Crippen LogP contribution in [-0.4, -0.2) is 31.4 Å². The van der Waals surface area contributed by atoms with Gasteiger partial charge in [0.05, 0.1) is 18.9 Å². The van der Waals surface area contributed by atoms with Crippen LogP contribution in [0.5, 0.6) is 5.75 Å². The third-order valence-electron chi connectivity index (χ3n) is 3.38. The molecule has 1 aromatic heterocycles. The van der Waals surface area contributed by atoms with Gasteiger partial charge in [-0.1, -0.05) is 0 Å². The van der Waals surface area contributed by atoms with Crippen LogP contribution < -0.4 is 9.64 Å². The Hall–Kier alpha value is -2.04. The number of hydrogen-bond acceptors (Lipinski definition) is 4. The van der Waals surface area contributed by atoms with E-state index in [1.807, 2.05) is 23.1 Å². The Bertz CT molecular complexity index is 557. The molecule has 0 saturated carbocycles. The van der Waals surface area contributed by atoms with Crippen LogP contribution >= 0.6 is 0 Å². The molecule has 2 heterocycles. The van der Waals surface area contributed by atoms with Gasteiger partial charge in [-0.2, -0.15) is 0 Å². The highest BCUT2D eigenvalue weighted by Gasteiger charge is 2.23. The van der Waals surface area contributed by atoms with Crippen molar-refractivity contribution in [2.75, 3.05) is 25.1 Å². The first-order valence-corrected chi connectivity index (χ1v) is 6.24. The zero-order chi connectivity index (χ0) is 13.2. The molecule has 1 atom stereocenters. The summed E-state index contributed by atoms with van der Waals surface area (Å²) in [5.74, 6) is 1.37. The number of oxazole rings is 1. The van der Waals surface area contributed by atoms with Crippen LogP contribution in [0.1, 0.15) is 6.42 Å². The molecule has 1 aromatic carbocycles. The first-order chi connectivity index (χ1) is 9.28. The number of anilines is 1. The van der Waals surface area contributed by atoms with Crippen LogP contribution in [0.3, 0.4) is 0 Å². The zero-order valence-electron chi connectivity index (χ0n) is 10.7. The largest absolute Gasteiger partial charge is 0.496 e. The fourth-order valence-corrected chi connectivity index (χ4v) is 2.38. The zero-order valence-corrected chi connectivity index (χ0v) is 10.7. The van der Waals surface area contributed by atoms with Gasteiger partial charge in [0.1, 0.15) is 11.9 Å². The molecule has 1 aliphatic rings. The van der Waals surface area contributed by atoms with Gasteiger partial charge in [0, 0.05) is 24.8 Å². The molecule has 0 radical (unpaired) electrons. The maximum Gasteiger partial charge on any atom is 0.181 e. The molecule has 19 heavy (non-hydrogen) atoms. The summed E-state index contributed by atoms with van der Waals surface area (Å²) in [5, 5.41) is 0. The highest BCUT2D eigenvalue weighted by atomic mass is 19.1. The molecule has 1 fully saturated rings. The maximum atomic E-state index is 13.2. The van der Waals surface area contributed by atoms with Crippen molar-refractivity contribution in [3.8, 4) is 17.1 Å². The number of rotatable bonds is 3. The van der Waals surface area contributed by atoms with E-state index in [0.29, 0.717) is 24.5 Å². The molecule has 0 N–H and O–H groups in total. The van der Waals surface area contributed by atoms with Crippen molar-refractivity contribution in [1.29, 1.82) is 0 Å². The van der Waals surface area contributed by atoms with Crippen LogP contribution in [0.4, 0.5) is 10.1 Å². The summed E-state index contributed by atoms with van der Waals surface area (Å²) < 4.78 is 23.9. The molecule has 5 heteroatoms. The Morgan fingerprint density at radius 3 is 3.00 bits per heavy atom. The van der Waals surface area contributed by atoms with Gasteiger partial charge in [0.15, 0.2) is 12.2 Å². The van der Waals surface area contributed by atoms with E-state index in [0.717, 1.165) is 17.8 Å². The lowest BCUT2D eigenvalue weighted by molar-refractivity contribution is 0.364. The number of aromatic nitrogens is 1. The predicted octanol–water partition coefficient (Wildman–Crippen LogP) is 2.90. The van der Waals surface area contributed by atoms with Crippen LogP contribution in [0, 0.1) is 0 Å². The minimum absolute atomic E-state index is 0.449. The van der Waals surface area contributed by atoms with Crippen molar-refractivity contribution < 1.29 is 13.5 Å². The fourth-order valence-electron chi connectivity index (χ4n) is 2.38. The van der Waals surface area contributed by atoms with E-state index in [2.05, 4.69) is 4.98 Å². The Kier molecular flexibility index (Phi) is 3.11. The molecule has 1 saturated heterocycles. The lowest BCUT2D eigenvalue weighted by Crippen LogP contribution is -2.19. The van der Waals surface area contributed by atoms with Crippen molar-refractivity contribution in [3.05, 3.63) is 30.8 Å². The SMILES string of the molecule is COc1cc(N2CCC(F)C2)ccc1-c1cnco1. The molecule has 0 bridgehead atoms. The lowest BCUT2D eigenvalue weighted by atomic mass is 10.1. The standard InChI is InChI=1S/C14H15FN2O2/c1-18-13-6-11(17-5-4-10(15)8-17)2-3-12(13)14-7-16-9-19-14/h2-3,6-7,9-10H,4-5,8H2,1H3. The summed E-state index contributed by atoms with van der Waals surface area (Å²) in [4.78, 5) is 5.93. The van der Waals surface area contributed by atoms with E-state index < -0.39 is 6.17 Å². The summed E-state index contributed by atoms with van der Waals surface area (Å²) in [5.41, 5.74) is 1.82. The molecular formula is C14H15FN2O2. The lowest BCUT2D eigenvalue weighted by Gasteiger charge is -2.19. The smallest absolute Gasteiger partial charge is 0.181 e. The third-order valence-corrected chi connectivity index (χ3v) is 3.38. The van der Waals surface area contributed by atoms with Crippen LogP contribution in [-0.2, 0) is 0 Å². The number of benzene rings is 1. The summed E-state index contributed by atoms with van der Waals surface area (Å²) in [6.07, 6.45) is 2.88. The summed E-state index contributed by atoms with van der Waals surface area (Å²) in [6.45, 7) is 1.19. The quantitative estimate of drug-likeness (QED) is 0.852. The highest BCUT2D eigenvalue weighted by Crippen LogP contribution is 2.34. The molecule has 1 aliphatic heterocycles. The third kappa shape index (κ3) is 2.28. The number of nitrogens with zero attached hydrogens (tertiary/aromatic N) is 2. The van der Waals surface area contributed by atoms with E-state index >= 15 is 0 Å². The van der Waals surface area contributed by atoms with Gasteiger partial charge in [-0.15, -0.1) is 0 Å². The van der Waals surface area contributed by atoms with Gasteiger partial charge in [-0.05, 0) is 18.6 Å². The Balaban J connectivity index is 1.93. The van der Waals surface area contributed by atoms with Crippen LogP contribution in [0.25, 0.3) is 11.3 Å². The molecule has 4 nitrogen and oxygen atoms in total. The predicted molar refractivity (Wildman–Crippen MR) is 70.2 cm³/mol. The highest BCUT2D eigenvalue weighted by molar-refractivity contribution is 5.70. The average Bonchev–Trinajstić information content (AvgIpc) is 3.09. The van der Waals surface area contributed by atoms with Crippen LogP contribution in [0.2, 0.25) is 0 Å². The summed E-state index contributed by atoms with van der Waals surface area (Å²) in [6, 6.07) is 5.79. The molecule has 2 aromatic rings. The molecule has 1 unspecified atom stereocenters. The molecule has 0 aliphatic carbocycles. The summed E-state index contributed by atoms with van der Waals surface area (Å²) in [7, 11) is 1.61. The van der Waals surface area contributed by atoms with Gasteiger partial charge in [-0.25, -0.2) is 9.37 Å². The van der Waals surface area contributed by atoms with Gasteiger partial charge >= 0.3 is 0 Å². The van der Waals surface area contributed by atoms with Gasteiger partial charge in [0.25, 0.3) is 0 Å². The molecule has 3 rings (SSSR count). The second kappa shape index (κ2) is 4.91.